The molecule has 2 rings (SSSR count). The molecule has 1 unspecified atom stereocenters. The molecule has 0 spiro atoms. The summed E-state index contributed by atoms with van der Waals surface area (Å²) in [6.07, 6.45) is 0. The third-order valence-electron chi connectivity index (χ3n) is 3.34. The van der Waals surface area contributed by atoms with Crippen molar-refractivity contribution in [2.75, 3.05) is 5.32 Å². The van der Waals surface area contributed by atoms with E-state index in [1.165, 1.54) is 11.1 Å². The Bertz CT molecular complexity index is 595. The normalized spacial score (nSPS) is 12.3. The van der Waals surface area contributed by atoms with E-state index in [1.54, 1.807) is 0 Å². The van der Waals surface area contributed by atoms with Crippen LogP contribution in [-0.4, -0.2) is 4.98 Å². The van der Waals surface area contributed by atoms with Gasteiger partial charge in [-0.05, 0) is 88.9 Å². The fourth-order valence-corrected chi connectivity index (χ4v) is 3.84. The number of nitrogens with one attached hydrogen (secondary N) is 1. The van der Waals surface area contributed by atoms with Crippen LogP contribution in [0.15, 0.2) is 33.2 Å². The lowest BCUT2D eigenvalue weighted by Gasteiger charge is -2.21. The number of aromatic nitrogens is 1. The van der Waals surface area contributed by atoms with Gasteiger partial charge in [-0.25, -0.2) is 0 Å². The first kappa shape index (κ1) is 15.5. The van der Waals surface area contributed by atoms with Crippen LogP contribution in [0, 0.1) is 20.8 Å². The fraction of sp³-hybridized carbons (Fsp3) is 0.312. The largest absolute Gasteiger partial charge is 0.377 e. The average Bonchev–Trinajstić information content (AvgIpc) is 2.32. The molecule has 2 nitrogen and oxygen atoms in total. The van der Waals surface area contributed by atoms with Crippen LogP contribution in [0.1, 0.15) is 35.5 Å². The Balaban J connectivity index is 2.36. The molecule has 1 aromatic heterocycles. The minimum atomic E-state index is 0.193. The van der Waals surface area contributed by atoms with Gasteiger partial charge in [-0.3, -0.25) is 4.98 Å². The molecule has 0 aliphatic rings. The van der Waals surface area contributed by atoms with Gasteiger partial charge in [0.15, 0.2) is 0 Å². The molecule has 1 heterocycles. The highest BCUT2D eigenvalue weighted by molar-refractivity contribution is 9.11. The molecule has 0 bridgehead atoms. The predicted octanol–water partition coefficient (Wildman–Crippen LogP) is 5.70. The third-order valence-corrected chi connectivity index (χ3v) is 4.66. The Labute approximate surface area is 137 Å². The van der Waals surface area contributed by atoms with Crippen LogP contribution in [0.4, 0.5) is 5.69 Å². The van der Waals surface area contributed by atoms with E-state index in [0.717, 1.165) is 26.0 Å². The maximum Gasteiger partial charge on any atom is 0.0633 e. The predicted molar refractivity (Wildman–Crippen MR) is 92.3 cm³/mol. The summed E-state index contributed by atoms with van der Waals surface area (Å²) in [5, 5.41) is 3.56. The number of rotatable bonds is 3. The van der Waals surface area contributed by atoms with Crippen LogP contribution in [0.25, 0.3) is 0 Å². The van der Waals surface area contributed by atoms with Crippen LogP contribution in [0.2, 0.25) is 0 Å². The van der Waals surface area contributed by atoms with Gasteiger partial charge in [-0.15, -0.1) is 0 Å². The van der Waals surface area contributed by atoms with E-state index in [1.807, 2.05) is 25.1 Å². The fourth-order valence-electron chi connectivity index (χ4n) is 2.61. The Kier molecular flexibility index (Phi) is 4.86. The molecule has 20 heavy (non-hydrogen) atoms. The topological polar surface area (TPSA) is 24.9 Å². The number of hydrogen-bond acceptors (Lipinski definition) is 2. The smallest absolute Gasteiger partial charge is 0.0633 e. The lowest BCUT2D eigenvalue weighted by atomic mass is 10.00. The first-order chi connectivity index (χ1) is 9.40. The molecule has 0 aliphatic carbocycles. The molecular weight excluding hydrogens is 380 g/mol. The Morgan fingerprint density at radius 1 is 1.10 bits per heavy atom. The van der Waals surface area contributed by atoms with Gasteiger partial charge in [0.05, 0.1) is 11.7 Å². The van der Waals surface area contributed by atoms with E-state index in [-0.39, 0.29) is 6.04 Å². The zero-order valence-corrected chi connectivity index (χ0v) is 15.3. The van der Waals surface area contributed by atoms with E-state index in [9.17, 15) is 0 Å². The monoisotopic (exact) mass is 396 g/mol. The van der Waals surface area contributed by atoms with Crippen LogP contribution < -0.4 is 5.32 Å². The second-order valence-electron chi connectivity index (χ2n) is 5.04. The van der Waals surface area contributed by atoms with E-state index in [2.05, 4.69) is 69.0 Å². The SMILES string of the molecule is Cc1cc(C)c(C(C)Nc2c(Br)cccc2Br)c(C)n1. The van der Waals surface area contributed by atoms with Gasteiger partial charge in [0, 0.05) is 20.3 Å². The Morgan fingerprint density at radius 2 is 1.70 bits per heavy atom. The van der Waals surface area contributed by atoms with Crippen LogP contribution in [-0.2, 0) is 0 Å². The van der Waals surface area contributed by atoms with Crippen molar-refractivity contribution in [1.29, 1.82) is 0 Å². The highest BCUT2D eigenvalue weighted by Crippen LogP contribution is 2.34. The standard InChI is InChI=1S/C16H18Br2N2/c1-9-8-10(2)19-11(3)15(9)12(4)20-16-13(17)6-5-7-14(16)18/h5-8,12,20H,1-4H3. The molecule has 1 aromatic carbocycles. The molecule has 0 saturated carbocycles. The van der Waals surface area contributed by atoms with Gasteiger partial charge in [0.25, 0.3) is 0 Å². The number of hydrogen-bond donors (Lipinski definition) is 1. The first-order valence-corrected chi connectivity index (χ1v) is 8.14. The van der Waals surface area contributed by atoms with Gasteiger partial charge in [-0.2, -0.15) is 0 Å². The van der Waals surface area contributed by atoms with Crippen LogP contribution in [0.5, 0.6) is 0 Å². The van der Waals surface area contributed by atoms with Crippen molar-refractivity contribution in [3.05, 3.63) is 55.7 Å². The number of benzene rings is 1. The maximum atomic E-state index is 4.58. The third kappa shape index (κ3) is 3.23. The van der Waals surface area contributed by atoms with Crippen LogP contribution in [0.3, 0.4) is 0 Å². The van der Waals surface area contributed by atoms with Gasteiger partial charge in [-0.1, -0.05) is 6.07 Å². The maximum absolute atomic E-state index is 4.58. The number of nitrogens with zero attached hydrogens (tertiary/aromatic N) is 1. The van der Waals surface area contributed by atoms with Crippen molar-refractivity contribution in [2.24, 2.45) is 0 Å². The molecule has 0 radical (unpaired) electrons. The van der Waals surface area contributed by atoms with Crippen molar-refractivity contribution < 1.29 is 0 Å². The number of pyridine rings is 1. The van der Waals surface area contributed by atoms with E-state index in [4.69, 9.17) is 0 Å². The van der Waals surface area contributed by atoms with Crippen molar-refractivity contribution in [3.8, 4) is 0 Å². The zero-order valence-electron chi connectivity index (χ0n) is 12.1. The van der Waals surface area contributed by atoms with Gasteiger partial charge < -0.3 is 5.32 Å². The zero-order chi connectivity index (χ0) is 14.9. The summed E-state index contributed by atoms with van der Waals surface area (Å²) in [7, 11) is 0. The Hall–Kier alpha value is -0.870. The lowest BCUT2D eigenvalue weighted by Crippen LogP contribution is -2.12. The summed E-state index contributed by atoms with van der Waals surface area (Å²) < 4.78 is 2.10. The van der Waals surface area contributed by atoms with Gasteiger partial charge in [0.1, 0.15) is 0 Å². The molecule has 0 aliphatic heterocycles. The molecule has 0 saturated heterocycles. The summed E-state index contributed by atoms with van der Waals surface area (Å²) in [4.78, 5) is 4.58. The van der Waals surface area contributed by atoms with E-state index in [0.29, 0.717) is 0 Å². The first-order valence-electron chi connectivity index (χ1n) is 6.55. The minimum Gasteiger partial charge on any atom is -0.377 e. The number of aryl methyl sites for hydroxylation is 3. The number of halogens is 2. The Morgan fingerprint density at radius 3 is 2.25 bits per heavy atom. The number of para-hydroxylation sites is 1. The summed E-state index contributed by atoms with van der Waals surface area (Å²) >= 11 is 7.18. The summed E-state index contributed by atoms with van der Waals surface area (Å²) in [5.74, 6) is 0. The average molecular weight is 398 g/mol. The van der Waals surface area contributed by atoms with Gasteiger partial charge >= 0.3 is 0 Å². The van der Waals surface area contributed by atoms with Crippen LogP contribution >= 0.6 is 31.9 Å². The molecule has 1 atom stereocenters. The van der Waals surface area contributed by atoms with Crippen molar-refractivity contribution >= 4 is 37.5 Å². The molecule has 0 fully saturated rings. The summed E-state index contributed by atoms with van der Waals surface area (Å²) in [6.45, 7) is 8.41. The molecule has 4 heteroatoms. The molecule has 106 valence electrons. The van der Waals surface area contributed by atoms with E-state index < -0.39 is 0 Å². The molecule has 0 amide bonds. The summed E-state index contributed by atoms with van der Waals surface area (Å²) in [6, 6.07) is 8.40. The summed E-state index contributed by atoms with van der Waals surface area (Å²) in [5.41, 5.74) is 5.76. The van der Waals surface area contributed by atoms with Crippen molar-refractivity contribution in [2.45, 2.75) is 33.7 Å². The van der Waals surface area contributed by atoms with Crippen molar-refractivity contribution in [1.82, 2.24) is 4.98 Å². The number of anilines is 1. The molecule has 1 N–H and O–H groups in total. The molecular formula is C16H18Br2N2. The minimum absolute atomic E-state index is 0.193. The second kappa shape index (κ2) is 6.27. The highest BCUT2D eigenvalue weighted by Gasteiger charge is 2.15. The highest BCUT2D eigenvalue weighted by atomic mass is 79.9. The van der Waals surface area contributed by atoms with Crippen molar-refractivity contribution in [3.63, 3.8) is 0 Å². The quantitative estimate of drug-likeness (QED) is 0.717. The van der Waals surface area contributed by atoms with E-state index >= 15 is 0 Å². The molecule has 2 aromatic rings. The second-order valence-corrected chi connectivity index (χ2v) is 6.75. The lowest BCUT2D eigenvalue weighted by molar-refractivity contribution is 0.841. The van der Waals surface area contributed by atoms with Gasteiger partial charge in [0.2, 0.25) is 0 Å².